The van der Waals surface area contributed by atoms with E-state index in [1.807, 2.05) is 0 Å². The molecular weight excluding hydrogens is 158 g/mol. The van der Waals surface area contributed by atoms with Gasteiger partial charge in [-0.05, 0) is 24.2 Å². The van der Waals surface area contributed by atoms with E-state index in [1.54, 1.807) is 0 Å². The highest BCUT2D eigenvalue weighted by Crippen LogP contribution is 2.24. The van der Waals surface area contributed by atoms with E-state index in [0.29, 0.717) is 5.41 Å². The van der Waals surface area contributed by atoms with Crippen LogP contribution in [0.25, 0.3) is 0 Å². The van der Waals surface area contributed by atoms with Gasteiger partial charge in [-0.15, -0.1) is 0 Å². The zero-order valence-corrected chi connectivity index (χ0v) is 9.69. The Morgan fingerprint density at radius 2 is 1.77 bits per heavy atom. The van der Waals surface area contributed by atoms with Crippen molar-refractivity contribution in [2.24, 2.45) is 11.3 Å². The first kappa shape index (κ1) is 11.0. The zero-order chi connectivity index (χ0) is 9.90. The molecule has 0 aromatic rings. The van der Waals surface area contributed by atoms with Gasteiger partial charge < -0.3 is 5.32 Å². The summed E-state index contributed by atoms with van der Waals surface area (Å²) in [5, 5.41) is 3.71. The summed E-state index contributed by atoms with van der Waals surface area (Å²) in [4.78, 5) is 0. The van der Waals surface area contributed by atoms with Gasteiger partial charge in [0.1, 0.15) is 0 Å². The average Bonchev–Trinajstić information content (AvgIpc) is 2.01. The Kier molecular flexibility index (Phi) is 3.78. The summed E-state index contributed by atoms with van der Waals surface area (Å²) in [5.41, 5.74) is 0.428. The van der Waals surface area contributed by atoms with E-state index in [1.165, 1.54) is 25.7 Å². The third kappa shape index (κ3) is 4.12. The van der Waals surface area contributed by atoms with Gasteiger partial charge in [-0.3, -0.25) is 0 Å². The second-order valence-electron chi connectivity index (χ2n) is 5.81. The molecule has 1 N–H and O–H groups in total. The van der Waals surface area contributed by atoms with Crippen LogP contribution < -0.4 is 5.32 Å². The summed E-state index contributed by atoms with van der Waals surface area (Å²) in [6.07, 6.45) is 5.67. The van der Waals surface area contributed by atoms with Crippen LogP contribution in [0.3, 0.4) is 0 Å². The summed E-state index contributed by atoms with van der Waals surface area (Å²) < 4.78 is 0. The van der Waals surface area contributed by atoms with Crippen LogP contribution in [0.5, 0.6) is 0 Å². The predicted octanol–water partition coefficient (Wildman–Crippen LogP) is 3.20. The lowest BCUT2D eigenvalue weighted by Crippen LogP contribution is -2.41. The lowest BCUT2D eigenvalue weighted by Gasteiger charge is -2.32. The molecule has 0 saturated heterocycles. The minimum atomic E-state index is 0.428. The Bertz CT molecular complexity index is 146. The molecule has 0 radical (unpaired) electrons. The van der Waals surface area contributed by atoms with Crippen LogP contribution in [0.15, 0.2) is 0 Å². The van der Waals surface area contributed by atoms with Crippen molar-refractivity contribution < 1.29 is 0 Å². The molecule has 0 amide bonds. The van der Waals surface area contributed by atoms with Gasteiger partial charge in [0, 0.05) is 12.6 Å². The Hall–Kier alpha value is -0.0400. The van der Waals surface area contributed by atoms with Gasteiger partial charge in [-0.25, -0.2) is 0 Å². The Balaban J connectivity index is 2.27. The van der Waals surface area contributed by atoms with Crippen molar-refractivity contribution in [3.63, 3.8) is 0 Å². The quantitative estimate of drug-likeness (QED) is 0.693. The third-order valence-electron chi connectivity index (χ3n) is 3.01. The molecule has 1 heteroatoms. The molecule has 13 heavy (non-hydrogen) atoms. The monoisotopic (exact) mass is 183 g/mol. The molecule has 0 aromatic heterocycles. The maximum atomic E-state index is 3.71. The van der Waals surface area contributed by atoms with Gasteiger partial charge in [0.05, 0.1) is 0 Å². The first-order valence-electron chi connectivity index (χ1n) is 5.72. The van der Waals surface area contributed by atoms with Crippen molar-refractivity contribution in [1.29, 1.82) is 0 Å². The number of hydrogen-bond donors (Lipinski definition) is 1. The standard InChI is InChI=1S/C12H25N/c1-10-7-5-6-8-11(10)13-9-12(2,3)4/h10-11,13H,5-9H2,1-4H3/t10-,11+/m0/s1. The zero-order valence-electron chi connectivity index (χ0n) is 9.69. The molecule has 1 fully saturated rings. The molecule has 0 bridgehead atoms. The van der Waals surface area contributed by atoms with Gasteiger partial charge in [-0.1, -0.05) is 40.5 Å². The third-order valence-corrected chi connectivity index (χ3v) is 3.01. The maximum Gasteiger partial charge on any atom is 0.00929 e. The maximum absolute atomic E-state index is 3.71. The van der Waals surface area contributed by atoms with Crippen molar-refractivity contribution in [2.45, 2.75) is 59.4 Å². The number of rotatable bonds is 2. The average molecular weight is 183 g/mol. The first-order chi connectivity index (χ1) is 5.99. The molecule has 1 saturated carbocycles. The van der Waals surface area contributed by atoms with Crippen LogP contribution in [0.1, 0.15) is 53.4 Å². The summed E-state index contributed by atoms with van der Waals surface area (Å²) in [6.45, 7) is 10.4. The van der Waals surface area contributed by atoms with E-state index in [0.717, 1.165) is 18.5 Å². The summed E-state index contributed by atoms with van der Waals surface area (Å²) in [7, 11) is 0. The van der Waals surface area contributed by atoms with E-state index in [9.17, 15) is 0 Å². The normalized spacial score (nSPS) is 30.5. The van der Waals surface area contributed by atoms with Crippen LogP contribution in [-0.2, 0) is 0 Å². The van der Waals surface area contributed by atoms with Gasteiger partial charge in [0.25, 0.3) is 0 Å². The molecule has 0 unspecified atom stereocenters. The van der Waals surface area contributed by atoms with E-state index in [-0.39, 0.29) is 0 Å². The first-order valence-corrected chi connectivity index (χ1v) is 5.72. The van der Waals surface area contributed by atoms with E-state index >= 15 is 0 Å². The van der Waals surface area contributed by atoms with E-state index in [2.05, 4.69) is 33.0 Å². The highest BCUT2D eigenvalue weighted by atomic mass is 14.9. The Morgan fingerprint density at radius 3 is 2.31 bits per heavy atom. The smallest absolute Gasteiger partial charge is 0.00929 e. The highest BCUT2D eigenvalue weighted by molar-refractivity contribution is 4.79. The van der Waals surface area contributed by atoms with E-state index in [4.69, 9.17) is 0 Å². The second-order valence-corrected chi connectivity index (χ2v) is 5.81. The lowest BCUT2D eigenvalue weighted by atomic mass is 9.85. The van der Waals surface area contributed by atoms with Crippen LogP contribution in [0, 0.1) is 11.3 Å². The molecule has 1 aliphatic rings. The minimum absolute atomic E-state index is 0.428. The Labute approximate surface area is 83.3 Å². The van der Waals surface area contributed by atoms with Crippen LogP contribution in [0.4, 0.5) is 0 Å². The summed E-state index contributed by atoms with van der Waals surface area (Å²) in [6, 6.07) is 0.785. The van der Waals surface area contributed by atoms with Crippen LogP contribution in [0.2, 0.25) is 0 Å². The van der Waals surface area contributed by atoms with Crippen molar-refractivity contribution >= 4 is 0 Å². The summed E-state index contributed by atoms with van der Waals surface area (Å²) >= 11 is 0. The highest BCUT2D eigenvalue weighted by Gasteiger charge is 2.22. The van der Waals surface area contributed by atoms with Gasteiger partial charge in [-0.2, -0.15) is 0 Å². The fourth-order valence-electron chi connectivity index (χ4n) is 2.06. The van der Waals surface area contributed by atoms with Crippen molar-refractivity contribution in [3.8, 4) is 0 Å². The number of hydrogen-bond acceptors (Lipinski definition) is 1. The van der Waals surface area contributed by atoms with Crippen LogP contribution >= 0.6 is 0 Å². The predicted molar refractivity (Wildman–Crippen MR) is 58.9 cm³/mol. The van der Waals surface area contributed by atoms with Crippen molar-refractivity contribution in [1.82, 2.24) is 5.32 Å². The number of nitrogens with one attached hydrogen (secondary N) is 1. The summed E-state index contributed by atoms with van der Waals surface area (Å²) in [5.74, 6) is 0.885. The molecule has 0 heterocycles. The van der Waals surface area contributed by atoms with Gasteiger partial charge in [0.2, 0.25) is 0 Å². The molecular formula is C12H25N. The van der Waals surface area contributed by atoms with Crippen LogP contribution in [-0.4, -0.2) is 12.6 Å². The molecule has 1 nitrogen and oxygen atoms in total. The largest absolute Gasteiger partial charge is 0.313 e. The minimum Gasteiger partial charge on any atom is -0.313 e. The van der Waals surface area contributed by atoms with Gasteiger partial charge in [0.15, 0.2) is 0 Å². The fourth-order valence-corrected chi connectivity index (χ4v) is 2.06. The molecule has 0 spiro atoms. The molecule has 0 aromatic carbocycles. The lowest BCUT2D eigenvalue weighted by molar-refractivity contribution is 0.249. The van der Waals surface area contributed by atoms with Crippen molar-refractivity contribution in [3.05, 3.63) is 0 Å². The van der Waals surface area contributed by atoms with E-state index < -0.39 is 0 Å². The Morgan fingerprint density at radius 1 is 1.15 bits per heavy atom. The molecule has 1 aliphatic carbocycles. The molecule has 0 aliphatic heterocycles. The molecule has 2 atom stereocenters. The SMILES string of the molecule is C[C@H]1CCCC[C@H]1NCC(C)(C)C. The van der Waals surface area contributed by atoms with Gasteiger partial charge >= 0.3 is 0 Å². The second kappa shape index (κ2) is 4.45. The topological polar surface area (TPSA) is 12.0 Å². The molecule has 1 rings (SSSR count). The fraction of sp³-hybridized carbons (Fsp3) is 1.00. The molecule has 78 valence electrons. The van der Waals surface area contributed by atoms with Crippen molar-refractivity contribution in [2.75, 3.05) is 6.54 Å².